The van der Waals surface area contributed by atoms with Crippen molar-refractivity contribution in [3.8, 4) is 0 Å². The molecule has 2 aromatic carbocycles. The summed E-state index contributed by atoms with van der Waals surface area (Å²) >= 11 is 0. The lowest BCUT2D eigenvalue weighted by Gasteiger charge is -2.28. The summed E-state index contributed by atoms with van der Waals surface area (Å²) in [7, 11) is 0. The van der Waals surface area contributed by atoms with E-state index in [4.69, 9.17) is 0 Å². The zero-order valence-electron chi connectivity index (χ0n) is 18.2. The number of hydrogen-bond donors (Lipinski definition) is 2. The molecule has 172 valence electrons. The highest BCUT2D eigenvalue weighted by molar-refractivity contribution is 6.10. The first-order valence-corrected chi connectivity index (χ1v) is 10.8. The third-order valence-corrected chi connectivity index (χ3v) is 6.10. The minimum atomic E-state index is -1.41. The molecular weight excluding hydrogens is 426 g/mol. The van der Waals surface area contributed by atoms with Gasteiger partial charge < -0.3 is 15.5 Å². The van der Waals surface area contributed by atoms with E-state index in [-0.39, 0.29) is 5.69 Å². The number of urea groups is 1. The third-order valence-electron chi connectivity index (χ3n) is 6.10. The number of nitro benzene ring substituents is 1. The molecule has 0 saturated carbocycles. The number of hydrogen-bond acceptors (Lipinski definition) is 6. The summed E-state index contributed by atoms with van der Waals surface area (Å²) in [5.74, 6) is -1.10. The summed E-state index contributed by atoms with van der Waals surface area (Å²) in [4.78, 5) is 51.5. The van der Waals surface area contributed by atoms with Gasteiger partial charge in [0.15, 0.2) is 0 Å². The van der Waals surface area contributed by atoms with Gasteiger partial charge in [-0.1, -0.05) is 0 Å². The Hall–Kier alpha value is -3.95. The number of carbonyl (C=O) groups excluding carboxylic acids is 3. The number of carbonyl (C=O) groups is 3. The van der Waals surface area contributed by atoms with E-state index in [1.807, 2.05) is 12.1 Å². The van der Waals surface area contributed by atoms with Crippen LogP contribution < -0.4 is 15.5 Å². The van der Waals surface area contributed by atoms with Crippen LogP contribution >= 0.6 is 0 Å². The molecule has 4 amide bonds. The SMILES string of the molecule is C[C@]1(c2ccc([N+](=O)[O-])cc2)NC(=O)N(CC(=O)Nc2ccc(N3CCCCC3)cc2)C1=O. The van der Waals surface area contributed by atoms with Crippen molar-refractivity contribution in [2.24, 2.45) is 0 Å². The first-order valence-electron chi connectivity index (χ1n) is 10.8. The van der Waals surface area contributed by atoms with E-state index in [1.165, 1.54) is 50.5 Å². The Labute approximate surface area is 190 Å². The van der Waals surface area contributed by atoms with Crippen LogP contribution in [0, 0.1) is 10.1 Å². The van der Waals surface area contributed by atoms with E-state index >= 15 is 0 Å². The van der Waals surface area contributed by atoms with Gasteiger partial charge in [0.05, 0.1) is 4.92 Å². The molecule has 0 aromatic heterocycles. The van der Waals surface area contributed by atoms with Gasteiger partial charge in [0.25, 0.3) is 11.6 Å². The quantitative estimate of drug-likeness (QED) is 0.395. The van der Waals surface area contributed by atoms with Crippen LogP contribution in [0.4, 0.5) is 21.9 Å². The van der Waals surface area contributed by atoms with Crippen LogP contribution in [0.3, 0.4) is 0 Å². The van der Waals surface area contributed by atoms with Crippen LogP contribution in [0.1, 0.15) is 31.7 Å². The number of benzene rings is 2. The predicted octanol–water partition coefficient (Wildman–Crippen LogP) is 2.99. The number of rotatable bonds is 6. The van der Waals surface area contributed by atoms with Gasteiger partial charge >= 0.3 is 6.03 Å². The molecule has 0 radical (unpaired) electrons. The summed E-state index contributed by atoms with van der Waals surface area (Å²) in [6.45, 7) is 3.10. The topological polar surface area (TPSA) is 125 Å². The van der Waals surface area contributed by atoms with E-state index in [0.29, 0.717) is 11.3 Å². The summed E-state index contributed by atoms with van der Waals surface area (Å²) < 4.78 is 0. The van der Waals surface area contributed by atoms with Crippen LogP contribution in [0.15, 0.2) is 48.5 Å². The predicted molar refractivity (Wildman–Crippen MR) is 122 cm³/mol. The normalized spacial score (nSPS) is 20.5. The molecule has 2 aliphatic heterocycles. The number of nitrogens with zero attached hydrogens (tertiary/aromatic N) is 3. The van der Waals surface area contributed by atoms with Gasteiger partial charge in [-0.05, 0) is 68.1 Å². The van der Waals surface area contributed by atoms with Gasteiger partial charge in [-0.15, -0.1) is 0 Å². The summed E-state index contributed by atoms with van der Waals surface area (Å²) in [5, 5.41) is 16.2. The Balaban J connectivity index is 1.40. The number of amides is 4. The minimum Gasteiger partial charge on any atom is -0.372 e. The first-order chi connectivity index (χ1) is 15.8. The van der Waals surface area contributed by atoms with Crippen molar-refractivity contribution in [3.63, 3.8) is 0 Å². The molecule has 0 spiro atoms. The molecule has 2 aromatic rings. The molecule has 2 aliphatic rings. The lowest BCUT2D eigenvalue weighted by atomic mass is 9.92. The summed E-state index contributed by atoms with van der Waals surface area (Å²) in [6, 6.07) is 12.2. The van der Waals surface area contributed by atoms with Gasteiger partial charge in [0, 0.05) is 36.6 Å². The largest absolute Gasteiger partial charge is 0.372 e. The molecule has 2 N–H and O–H groups in total. The fraction of sp³-hybridized carbons (Fsp3) is 0.348. The molecule has 1 atom stereocenters. The van der Waals surface area contributed by atoms with Crippen molar-refractivity contribution >= 4 is 34.9 Å². The molecule has 2 fully saturated rings. The Bertz CT molecular complexity index is 1080. The average Bonchev–Trinajstić information content (AvgIpc) is 3.04. The fourth-order valence-electron chi connectivity index (χ4n) is 4.20. The molecule has 33 heavy (non-hydrogen) atoms. The Morgan fingerprint density at radius 1 is 1.06 bits per heavy atom. The van der Waals surface area contributed by atoms with E-state index in [2.05, 4.69) is 15.5 Å². The van der Waals surface area contributed by atoms with Gasteiger partial charge in [-0.25, -0.2) is 4.79 Å². The molecule has 10 nitrogen and oxygen atoms in total. The van der Waals surface area contributed by atoms with E-state index in [0.717, 1.165) is 23.7 Å². The molecule has 0 aliphatic carbocycles. The van der Waals surface area contributed by atoms with Crippen LogP contribution in [-0.2, 0) is 15.1 Å². The van der Waals surface area contributed by atoms with Crippen molar-refractivity contribution in [1.82, 2.24) is 10.2 Å². The highest BCUT2D eigenvalue weighted by Gasteiger charge is 2.49. The summed E-state index contributed by atoms with van der Waals surface area (Å²) in [6.07, 6.45) is 3.59. The van der Waals surface area contributed by atoms with E-state index in [1.54, 1.807) is 12.1 Å². The molecule has 0 unspecified atom stereocenters. The van der Waals surface area contributed by atoms with E-state index in [9.17, 15) is 24.5 Å². The van der Waals surface area contributed by atoms with Crippen LogP contribution in [0.25, 0.3) is 0 Å². The average molecular weight is 451 g/mol. The first kappa shape index (κ1) is 22.3. The van der Waals surface area contributed by atoms with Crippen LogP contribution in [-0.4, -0.2) is 47.3 Å². The second-order valence-corrected chi connectivity index (χ2v) is 8.39. The minimum absolute atomic E-state index is 0.123. The lowest BCUT2D eigenvalue weighted by molar-refractivity contribution is -0.384. The zero-order valence-corrected chi connectivity index (χ0v) is 18.2. The number of nitro groups is 1. The van der Waals surface area contributed by atoms with Crippen LogP contribution in [0.2, 0.25) is 0 Å². The van der Waals surface area contributed by atoms with Crippen molar-refractivity contribution < 1.29 is 19.3 Å². The lowest BCUT2D eigenvalue weighted by Crippen LogP contribution is -2.42. The number of piperidine rings is 1. The molecule has 0 bridgehead atoms. The molecule has 10 heteroatoms. The second kappa shape index (κ2) is 8.89. The molecule has 4 rings (SSSR count). The Kier molecular flexibility index (Phi) is 5.99. The van der Waals surface area contributed by atoms with Gasteiger partial charge in [-0.2, -0.15) is 0 Å². The Morgan fingerprint density at radius 2 is 1.70 bits per heavy atom. The molecular formula is C23H25N5O5. The number of anilines is 2. The maximum absolute atomic E-state index is 13.0. The van der Waals surface area contributed by atoms with Gasteiger partial charge in [-0.3, -0.25) is 24.6 Å². The fourth-order valence-corrected chi connectivity index (χ4v) is 4.20. The Morgan fingerprint density at radius 3 is 2.30 bits per heavy atom. The van der Waals surface area contributed by atoms with Crippen molar-refractivity contribution in [1.29, 1.82) is 0 Å². The number of non-ortho nitro benzene ring substituents is 1. The second-order valence-electron chi connectivity index (χ2n) is 8.39. The third kappa shape index (κ3) is 4.50. The zero-order chi connectivity index (χ0) is 23.6. The molecule has 2 saturated heterocycles. The maximum Gasteiger partial charge on any atom is 0.325 e. The highest BCUT2D eigenvalue weighted by atomic mass is 16.6. The standard InChI is InChI=1S/C23H25N5O5/c1-23(16-5-9-19(10-6-16)28(32)33)21(30)27(22(31)25-23)15-20(29)24-17-7-11-18(12-8-17)26-13-3-2-4-14-26/h5-12H,2-4,13-15H2,1H3,(H,24,29)(H,25,31)/t23-/m1/s1. The van der Waals surface area contributed by atoms with E-state index < -0.39 is 34.9 Å². The van der Waals surface area contributed by atoms with Crippen molar-refractivity contribution in [3.05, 3.63) is 64.2 Å². The van der Waals surface area contributed by atoms with Crippen LogP contribution in [0.5, 0.6) is 0 Å². The maximum atomic E-state index is 13.0. The summed E-state index contributed by atoms with van der Waals surface area (Å²) in [5.41, 5.74) is 0.527. The van der Waals surface area contributed by atoms with Gasteiger partial charge in [0.2, 0.25) is 5.91 Å². The number of nitrogens with one attached hydrogen (secondary N) is 2. The molecule has 2 heterocycles. The van der Waals surface area contributed by atoms with Crippen molar-refractivity contribution in [2.75, 3.05) is 29.9 Å². The smallest absolute Gasteiger partial charge is 0.325 e. The van der Waals surface area contributed by atoms with Gasteiger partial charge in [0.1, 0.15) is 12.1 Å². The number of imide groups is 1. The monoisotopic (exact) mass is 451 g/mol. The highest BCUT2D eigenvalue weighted by Crippen LogP contribution is 2.30. The van der Waals surface area contributed by atoms with Crippen molar-refractivity contribution in [2.45, 2.75) is 31.7 Å².